The quantitative estimate of drug-likeness (QED) is 0.666. The van der Waals surface area contributed by atoms with Gasteiger partial charge in [-0.05, 0) is 38.0 Å². The molecule has 3 rings (SSSR count). The van der Waals surface area contributed by atoms with Crippen molar-refractivity contribution in [1.82, 2.24) is 19.8 Å². The Morgan fingerprint density at radius 1 is 1.33 bits per heavy atom. The molecule has 1 aromatic rings. The largest absolute Gasteiger partial charge is 0.357 e. The van der Waals surface area contributed by atoms with Gasteiger partial charge in [0, 0.05) is 51.8 Å². The first kappa shape index (κ1) is 17.3. The van der Waals surface area contributed by atoms with Crippen LogP contribution < -0.4 is 5.32 Å². The average molecular weight is 332 g/mol. The number of likely N-dealkylation sites (tertiary alicyclic amines) is 1. The molecule has 2 aliphatic rings. The maximum atomic E-state index is 4.88. The summed E-state index contributed by atoms with van der Waals surface area (Å²) in [5.74, 6) is 2.35. The van der Waals surface area contributed by atoms with Crippen LogP contribution in [0.3, 0.4) is 0 Å². The molecular formula is C19H33N5. The van der Waals surface area contributed by atoms with Gasteiger partial charge in [0.1, 0.15) is 5.82 Å². The molecule has 1 saturated heterocycles. The fourth-order valence-electron chi connectivity index (χ4n) is 3.79. The van der Waals surface area contributed by atoms with Crippen LogP contribution in [0.1, 0.15) is 58.0 Å². The lowest BCUT2D eigenvalue weighted by molar-refractivity contribution is 0.322. The topological polar surface area (TPSA) is 45.5 Å². The summed E-state index contributed by atoms with van der Waals surface area (Å²) < 4.78 is 2.33. The van der Waals surface area contributed by atoms with E-state index < -0.39 is 0 Å². The molecule has 1 atom stereocenters. The summed E-state index contributed by atoms with van der Waals surface area (Å²) in [7, 11) is 0. The highest BCUT2D eigenvalue weighted by atomic mass is 15.3. The van der Waals surface area contributed by atoms with Crippen molar-refractivity contribution in [3.63, 3.8) is 0 Å². The Morgan fingerprint density at radius 3 is 2.92 bits per heavy atom. The summed E-state index contributed by atoms with van der Waals surface area (Å²) in [4.78, 5) is 12.1. The van der Waals surface area contributed by atoms with Crippen LogP contribution in [0.4, 0.5) is 0 Å². The molecule has 0 saturated carbocycles. The standard InChI is InChI=1S/C19H33N5/c1-4-19(3)10-13-24(15-19)18(20-5-2)21-11-9-16-14-23-12-7-6-8-17(23)22-16/h14H,4-13,15H2,1-3H3,(H,20,21). The molecule has 0 radical (unpaired) electrons. The molecule has 2 aliphatic heterocycles. The van der Waals surface area contributed by atoms with Gasteiger partial charge in [-0.3, -0.25) is 4.99 Å². The molecule has 3 heterocycles. The van der Waals surface area contributed by atoms with Crippen molar-refractivity contribution >= 4 is 5.96 Å². The number of imidazole rings is 1. The monoisotopic (exact) mass is 331 g/mol. The number of aliphatic imine (C=N–C) groups is 1. The van der Waals surface area contributed by atoms with E-state index in [0.717, 1.165) is 51.5 Å². The Kier molecular flexibility index (Phi) is 5.47. The smallest absolute Gasteiger partial charge is 0.193 e. The molecule has 5 heteroatoms. The number of rotatable bonds is 5. The van der Waals surface area contributed by atoms with Crippen molar-refractivity contribution in [2.24, 2.45) is 10.4 Å². The maximum Gasteiger partial charge on any atom is 0.193 e. The highest BCUT2D eigenvalue weighted by Gasteiger charge is 2.33. The van der Waals surface area contributed by atoms with Gasteiger partial charge in [0.05, 0.1) is 5.69 Å². The molecule has 1 N–H and O–H groups in total. The summed E-state index contributed by atoms with van der Waals surface area (Å²) in [6.07, 6.45) is 9.38. The van der Waals surface area contributed by atoms with Gasteiger partial charge < -0.3 is 14.8 Å². The Balaban J connectivity index is 1.59. The van der Waals surface area contributed by atoms with E-state index in [0.29, 0.717) is 5.41 Å². The zero-order valence-corrected chi connectivity index (χ0v) is 15.6. The number of aryl methyl sites for hydroxylation is 2. The Labute approximate surface area is 146 Å². The highest BCUT2D eigenvalue weighted by molar-refractivity contribution is 5.80. The van der Waals surface area contributed by atoms with Crippen LogP contribution >= 0.6 is 0 Å². The average Bonchev–Trinajstić information content (AvgIpc) is 3.18. The van der Waals surface area contributed by atoms with Gasteiger partial charge in [-0.25, -0.2) is 4.98 Å². The van der Waals surface area contributed by atoms with Gasteiger partial charge >= 0.3 is 0 Å². The molecule has 0 spiro atoms. The second-order valence-corrected chi connectivity index (χ2v) is 7.62. The van der Waals surface area contributed by atoms with Crippen LogP contribution in [0.2, 0.25) is 0 Å². The van der Waals surface area contributed by atoms with Crippen molar-refractivity contribution in [2.45, 2.75) is 65.8 Å². The van der Waals surface area contributed by atoms with Crippen LogP contribution in [0.5, 0.6) is 0 Å². The minimum absolute atomic E-state index is 0.444. The van der Waals surface area contributed by atoms with Gasteiger partial charge in [0.15, 0.2) is 5.96 Å². The first-order valence-corrected chi connectivity index (χ1v) is 9.72. The van der Waals surface area contributed by atoms with Crippen LogP contribution in [0, 0.1) is 5.41 Å². The first-order chi connectivity index (χ1) is 11.6. The number of aromatic nitrogens is 2. The van der Waals surface area contributed by atoms with Crippen molar-refractivity contribution in [1.29, 1.82) is 0 Å². The van der Waals surface area contributed by atoms with Crippen LogP contribution in [-0.4, -0.2) is 46.6 Å². The molecule has 134 valence electrons. The maximum absolute atomic E-state index is 4.88. The molecule has 1 unspecified atom stereocenters. The van der Waals surface area contributed by atoms with E-state index in [2.05, 4.69) is 41.8 Å². The first-order valence-electron chi connectivity index (χ1n) is 9.72. The SMILES string of the molecule is CCNC(=NCCc1cn2c(n1)CCCC2)N1CCC(C)(CC)C1. The lowest BCUT2D eigenvalue weighted by Gasteiger charge is -2.25. The molecule has 1 fully saturated rings. The zero-order valence-electron chi connectivity index (χ0n) is 15.6. The minimum Gasteiger partial charge on any atom is -0.357 e. The third-order valence-electron chi connectivity index (χ3n) is 5.63. The van der Waals surface area contributed by atoms with E-state index in [1.54, 1.807) is 0 Å². The van der Waals surface area contributed by atoms with Gasteiger partial charge in [-0.15, -0.1) is 0 Å². The van der Waals surface area contributed by atoms with Crippen molar-refractivity contribution in [3.8, 4) is 0 Å². The van der Waals surface area contributed by atoms with E-state index in [1.807, 2.05) is 0 Å². The number of nitrogens with one attached hydrogen (secondary N) is 1. The number of hydrogen-bond acceptors (Lipinski definition) is 2. The van der Waals surface area contributed by atoms with Crippen LogP contribution in [-0.2, 0) is 19.4 Å². The zero-order chi connectivity index (χ0) is 17.0. The fourth-order valence-corrected chi connectivity index (χ4v) is 3.79. The predicted molar refractivity (Wildman–Crippen MR) is 99.4 cm³/mol. The third kappa shape index (κ3) is 3.93. The van der Waals surface area contributed by atoms with Crippen molar-refractivity contribution in [2.75, 3.05) is 26.2 Å². The Bertz CT molecular complexity index is 553. The molecule has 24 heavy (non-hydrogen) atoms. The Morgan fingerprint density at radius 2 is 2.21 bits per heavy atom. The van der Waals surface area contributed by atoms with E-state index in [1.165, 1.54) is 37.2 Å². The summed E-state index contributed by atoms with van der Waals surface area (Å²) in [5, 5.41) is 3.47. The van der Waals surface area contributed by atoms with Gasteiger partial charge in [0.25, 0.3) is 0 Å². The summed E-state index contributed by atoms with van der Waals surface area (Å²) >= 11 is 0. The van der Waals surface area contributed by atoms with Gasteiger partial charge in [-0.2, -0.15) is 0 Å². The second kappa shape index (κ2) is 7.58. The lowest BCUT2D eigenvalue weighted by Crippen LogP contribution is -2.41. The van der Waals surface area contributed by atoms with Crippen LogP contribution in [0.15, 0.2) is 11.2 Å². The molecule has 0 bridgehead atoms. The predicted octanol–water partition coefficient (Wildman–Crippen LogP) is 2.85. The van der Waals surface area contributed by atoms with Crippen LogP contribution in [0.25, 0.3) is 0 Å². The van der Waals surface area contributed by atoms with E-state index in [4.69, 9.17) is 9.98 Å². The number of nitrogens with zero attached hydrogens (tertiary/aromatic N) is 4. The Hall–Kier alpha value is -1.52. The number of hydrogen-bond donors (Lipinski definition) is 1. The van der Waals surface area contributed by atoms with Crippen molar-refractivity contribution < 1.29 is 0 Å². The third-order valence-corrected chi connectivity index (χ3v) is 5.63. The summed E-state index contributed by atoms with van der Waals surface area (Å²) in [6, 6.07) is 0. The molecule has 0 aliphatic carbocycles. The minimum atomic E-state index is 0.444. The normalized spacial score (nSPS) is 24.3. The summed E-state index contributed by atoms with van der Waals surface area (Å²) in [5.41, 5.74) is 1.64. The second-order valence-electron chi connectivity index (χ2n) is 7.62. The molecule has 0 aromatic carbocycles. The van der Waals surface area contributed by atoms with E-state index >= 15 is 0 Å². The molecule has 5 nitrogen and oxygen atoms in total. The van der Waals surface area contributed by atoms with E-state index in [-0.39, 0.29) is 0 Å². The van der Waals surface area contributed by atoms with Gasteiger partial charge in [0.2, 0.25) is 0 Å². The number of fused-ring (bicyclic) bond motifs is 1. The molecular weight excluding hydrogens is 298 g/mol. The number of guanidine groups is 1. The van der Waals surface area contributed by atoms with E-state index in [9.17, 15) is 0 Å². The van der Waals surface area contributed by atoms with Gasteiger partial charge in [-0.1, -0.05) is 13.8 Å². The van der Waals surface area contributed by atoms with Crippen molar-refractivity contribution in [3.05, 3.63) is 17.7 Å². The molecule has 0 amide bonds. The fraction of sp³-hybridized carbons (Fsp3) is 0.789. The summed E-state index contributed by atoms with van der Waals surface area (Å²) in [6.45, 7) is 12.0. The molecule has 1 aromatic heterocycles. The highest BCUT2D eigenvalue weighted by Crippen LogP contribution is 2.32. The lowest BCUT2D eigenvalue weighted by atomic mass is 9.87.